The van der Waals surface area contributed by atoms with Crippen LogP contribution < -0.4 is 5.32 Å². The molecule has 0 saturated carbocycles. The van der Waals surface area contributed by atoms with E-state index in [9.17, 15) is 0 Å². The van der Waals surface area contributed by atoms with Crippen molar-refractivity contribution >= 4 is 11.3 Å². The summed E-state index contributed by atoms with van der Waals surface area (Å²) in [6, 6.07) is 0.427. The van der Waals surface area contributed by atoms with Gasteiger partial charge in [-0.3, -0.25) is 0 Å². The van der Waals surface area contributed by atoms with E-state index in [0.29, 0.717) is 6.04 Å². The van der Waals surface area contributed by atoms with E-state index in [1.807, 2.05) is 0 Å². The number of thiazole rings is 1. The Balaban J connectivity index is 2.82. The first-order chi connectivity index (χ1) is 6.99. The second kappa shape index (κ2) is 5.08. The maximum atomic E-state index is 4.73. The molecule has 1 atom stereocenters. The van der Waals surface area contributed by atoms with Gasteiger partial charge in [0.05, 0.1) is 11.7 Å². The van der Waals surface area contributed by atoms with Gasteiger partial charge in [0.1, 0.15) is 5.01 Å². The molecule has 1 aromatic rings. The third-order valence-corrected chi connectivity index (χ3v) is 3.41. The zero-order valence-electron chi connectivity index (χ0n) is 10.4. The Bertz CT molecular complexity index is 299. The maximum absolute atomic E-state index is 4.73. The summed E-state index contributed by atoms with van der Waals surface area (Å²) in [5, 5.41) is 6.88. The SMILES string of the molecule is CCNC(CC)c1nc(C(C)(C)C)cs1. The molecule has 15 heavy (non-hydrogen) atoms. The summed E-state index contributed by atoms with van der Waals surface area (Å²) in [7, 11) is 0. The largest absolute Gasteiger partial charge is 0.308 e. The molecular formula is C12H22N2S. The fraction of sp³-hybridized carbons (Fsp3) is 0.750. The molecule has 0 fully saturated rings. The first kappa shape index (κ1) is 12.7. The van der Waals surface area contributed by atoms with Gasteiger partial charge in [0, 0.05) is 10.8 Å². The van der Waals surface area contributed by atoms with Crippen molar-refractivity contribution < 1.29 is 0 Å². The molecule has 0 amide bonds. The normalized spacial score (nSPS) is 14.2. The van der Waals surface area contributed by atoms with Crippen molar-refractivity contribution in [2.45, 2.75) is 52.5 Å². The lowest BCUT2D eigenvalue weighted by atomic mass is 9.93. The Morgan fingerprint density at radius 2 is 2.07 bits per heavy atom. The summed E-state index contributed by atoms with van der Waals surface area (Å²) in [6.45, 7) is 12.0. The highest BCUT2D eigenvalue weighted by atomic mass is 32.1. The topological polar surface area (TPSA) is 24.9 Å². The Morgan fingerprint density at radius 1 is 1.40 bits per heavy atom. The van der Waals surface area contributed by atoms with E-state index >= 15 is 0 Å². The van der Waals surface area contributed by atoms with E-state index in [0.717, 1.165) is 13.0 Å². The lowest BCUT2D eigenvalue weighted by Gasteiger charge is -2.16. The minimum absolute atomic E-state index is 0.166. The van der Waals surface area contributed by atoms with Gasteiger partial charge in [-0.25, -0.2) is 4.98 Å². The van der Waals surface area contributed by atoms with Crippen molar-refractivity contribution in [2.24, 2.45) is 0 Å². The molecule has 1 N–H and O–H groups in total. The summed E-state index contributed by atoms with van der Waals surface area (Å²) in [4.78, 5) is 4.73. The molecule has 0 spiro atoms. The number of aromatic nitrogens is 1. The summed E-state index contributed by atoms with van der Waals surface area (Å²) in [6.07, 6.45) is 1.10. The second-order valence-electron chi connectivity index (χ2n) is 4.84. The van der Waals surface area contributed by atoms with E-state index in [1.54, 1.807) is 11.3 Å². The van der Waals surface area contributed by atoms with Crippen LogP contribution in [0.15, 0.2) is 5.38 Å². The molecule has 1 unspecified atom stereocenters. The molecule has 2 nitrogen and oxygen atoms in total. The van der Waals surface area contributed by atoms with Gasteiger partial charge in [-0.05, 0) is 13.0 Å². The lowest BCUT2D eigenvalue weighted by Crippen LogP contribution is -2.20. The van der Waals surface area contributed by atoms with Crippen molar-refractivity contribution in [3.63, 3.8) is 0 Å². The Morgan fingerprint density at radius 3 is 2.47 bits per heavy atom. The van der Waals surface area contributed by atoms with Gasteiger partial charge in [-0.2, -0.15) is 0 Å². The van der Waals surface area contributed by atoms with Crippen LogP contribution in [0.1, 0.15) is 57.8 Å². The summed E-state index contributed by atoms with van der Waals surface area (Å²) >= 11 is 1.78. The first-order valence-electron chi connectivity index (χ1n) is 5.68. The molecule has 0 aromatic carbocycles. The average Bonchev–Trinajstić information content (AvgIpc) is 2.62. The van der Waals surface area contributed by atoms with E-state index in [1.165, 1.54) is 10.7 Å². The molecule has 0 aliphatic heterocycles. The van der Waals surface area contributed by atoms with Crippen LogP contribution >= 0.6 is 11.3 Å². The van der Waals surface area contributed by atoms with Crippen LogP contribution in [0.3, 0.4) is 0 Å². The number of rotatable bonds is 4. The highest BCUT2D eigenvalue weighted by Gasteiger charge is 2.19. The molecule has 0 aliphatic carbocycles. The third-order valence-electron chi connectivity index (χ3n) is 2.45. The van der Waals surface area contributed by atoms with Gasteiger partial charge in [0.15, 0.2) is 0 Å². The van der Waals surface area contributed by atoms with Crippen LogP contribution in [0.25, 0.3) is 0 Å². The Labute approximate surface area is 97.1 Å². The van der Waals surface area contributed by atoms with Crippen molar-refractivity contribution in [2.75, 3.05) is 6.54 Å². The summed E-state index contributed by atoms with van der Waals surface area (Å²) < 4.78 is 0. The second-order valence-corrected chi connectivity index (χ2v) is 5.73. The zero-order valence-corrected chi connectivity index (χ0v) is 11.2. The highest BCUT2D eigenvalue weighted by Crippen LogP contribution is 2.27. The van der Waals surface area contributed by atoms with E-state index in [2.05, 4.69) is 45.3 Å². The first-order valence-corrected chi connectivity index (χ1v) is 6.56. The number of hydrogen-bond donors (Lipinski definition) is 1. The molecule has 0 bridgehead atoms. The molecule has 1 rings (SSSR count). The van der Waals surface area contributed by atoms with Crippen molar-refractivity contribution in [1.82, 2.24) is 10.3 Å². The van der Waals surface area contributed by atoms with Crippen molar-refractivity contribution in [3.8, 4) is 0 Å². The van der Waals surface area contributed by atoms with Gasteiger partial charge < -0.3 is 5.32 Å². The maximum Gasteiger partial charge on any atom is 0.110 e. The highest BCUT2D eigenvalue weighted by molar-refractivity contribution is 7.09. The smallest absolute Gasteiger partial charge is 0.110 e. The van der Waals surface area contributed by atoms with Crippen LogP contribution in [0, 0.1) is 0 Å². The number of nitrogens with zero attached hydrogens (tertiary/aromatic N) is 1. The van der Waals surface area contributed by atoms with Crippen LogP contribution in [0.5, 0.6) is 0 Å². The Hall–Kier alpha value is -0.410. The fourth-order valence-corrected chi connectivity index (χ4v) is 2.65. The standard InChI is InChI=1S/C12H22N2S/c1-6-9(13-7-2)11-14-10(8-15-11)12(3,4)5/h8-9,13H,6-7H2,1-5H3. The summed E-state index contributed by atoms with van der Waals surface area (Å²) in [5.41, 5.74) is 1.37. The van der Waals surface area contributed by atoms with E-state index in [-0.39, 0.29) is 5.41 Å². The van der Waals surface area contributed by atoms with Crippen LogP contribution in [-0.4, -0.2) is 11.5 Å². The van der Waals surface area contributed by atoms with Gasteiger partial charge in [0.2, 0.25) is 0 Å². The molecule has 0 aliphatic rings. The van der Waals surface area contributed by atoms with E-state index in [4.69, 9.17) is 4.98 Å². The third kappa shape index (κ3) is 3.28. The average molecular weight is 226 g/mol. The molecule has 3 heteroatoms. The minimum Gasteiger partial charge on any atom is -0.308 e. The van der Waals surface area contributed by atoms with Crippen LogP contribution in [-0.2, 0) is 5.41 Å². The molecule has 0 saturated heterocycles. The molecule has 86 valence electrons. The number of nitrogens with one attached hydrogen (secondary N) is 1. The predicted octanol–water partition coefficient (Wildman–Crippen LogP) is 3.50. The number of hydrogen-bond acceptors (Lipinski definition) is 3. The van der Waals surface area contributed by atoms with Gasteiger partial charge in [-0.1, -0.05) is 34.6 Å². The molecule has 0 radical (unpaired) electrons. The van der Waals surface area contributed by atoms with Crippen LogP contribution in [0.4, 0.5) is 0 Å². The van der Waals surface area contributed by atoms with Crippen molar-refractivity contribution in [3.05, 3.63) is 16.1 Å². The monoisotopic (exact) mass is 226 g/mol. The lowest BCUT2D eigenvalue weighted by molar-refractivity contribution is 0.522. The quantitative estimate of drug-likeness (QED) is 0.850. The fourth-order valence-electron chi connectivity index (χ4n) is 1.44. The Kier molecular flexibility index (Phi) is 4.29. The van der Waals surface area contributed by atoms with E-state index < -0.39 is 0 Å². The molecule has 1 heterocycles. The molecule has 1 aromatic heterocycles. The molecular weight excluding hydrogens is 204 g/mol. The van der Waals surface area contributed by atoms with Crippen molar-refractivity contribution in [1.29, 1.82) is 0 Å². The predicted molar refractivity (Wildman–Crippen MR) is 67.5 cm³/mol. The van der Waals surface area contributed by atoms with Crippen LogP contribution in [0.2, 0.25) is 0 Å². The van der Waals surface area contributed by atoms with Gasteiger partial charge in [0.25, 0.3) is 0 Å². The summed E-state index contributed by atoms with van der Waals surface area (Å²) in [5.74, 6) is 0. The zero-order chi connectivity index (χ0) is 11.5. The van der Waals surface area contributed by atoms with Gasteiger partial charge in [-0.15, -0.1) is 11.3 Å². The van der Waals surface area contributed by atoms with Gasteiger partial charge >= 0.3 is 0 Å². The minimum atomic E-state index is 0.166.